The van der Waals surface area contributed by atoms with E-state index in [-0.39, 0.29) is 0 Å². The molecular formula is C18H18N4O2S. The zero-order valence-electron chi connectivity index (χ0n) is 13.7. The molecule has 3 rings (SSSR count). The van der Waals surface area contributed by atoms with Gasteiger partial charge in [0.15, 0.2) is 0 Å². The molecule has 0 aliphatic rings. The van der Waals surface area contributed by atoms with E-state index in [1.807, 2.05) is 48.5 Å². The first kappa shape index (κ1) is 16.8. The van der Waals surface area contributed by atoms with Crippen LogP contribution in [0.1, 0.15) is 11.1 Å². The number of para-hydroxylation sites is 1. The monoisotopic (exact) mass is 354 g/mol. The number of benzene rings is 2. The maximum atomic E-state index is 5.92. The second-order valence-corrected chi connectivity index (χ2v) is 5.98. The summed E-state index contributed by atoms with van der Waals surface area (Å²) in [4.78, 5) is 4.08. The molecule has 7 heteroatoms. The summed E-state index contributed by atoms with van der Waals surface area (Å²) in [6.45, 7) is 0.443. The van der Waals surface area contributed by atoms with Crippen LogP contribution in [-0.2, 0) is 6.61 Å². The zero-order chi connectivity index (χ0) is 17.5. The van der Waals surface area contributed by atoms with Crippen molar-refractivity contribution in [2.75, 3.05) is 18.3 Å². The Kier molecular flexibility index (Phi) is 5.48. The molecule has 0 saturated carbocycles. The van der Waals surface area contributed by atoms with Crippen LogP contribution in [-0.4, -0.2) is 18.3 Å². The summed E-state index contributed by atoms with van der Waals surface area (Å²) in [5.41, 5.74) is 10.3. The van der Waals surface area contributed by atoms with Crippen molar-refractivity contribution in [2.24, 2.45) is 5.10 Å². The molecule has 0 fully saturated rings. The zero-order valence-corrected chi connectivity index (χ0v) is 14.5. The Morgan fingerprint density at radius 1 is 1.24 bits per heavy atom. The highest BCUT2D eigenvalue weighted by Crippen LogP contribution is 2.20. The lowest BCUT2D eigenvalue weighted by Crippen LogP contribution is -1.99. The molecule has 0 atom stereocenters. The molecule has 0 bridgehead atoms. The molecule has 6 nitrogen and oxygen atoms in total. The van der Waals surface area contributed by atoms with Gasteiger partial charge in [-0.2, -0.15) is 5.10 Å². The van der Waals surface area contributed by atoms with Gasteiger partial charge in [-0.3, -0.25) is 5.43 Å². The van der Waals surface area contributed by atoms with E-state index in [1.165, 1.54) is 11.3 Å². The molecule has 1 aromatic heterocycles. The molecule has 0 aliphatic heterocycles. The summed E-state index contributed by atoms with van der Waals surface area (Å²) in [7, 11) is 1.65. The van der Waals surface area contributed by atoms with Gasteiger partial charge in [-0.05, 0) is 29.8 Å². The minimum Gasteiger partial charge on any atom is -0.497 e. The van der Waals surface area contributed by atoms with Crippen molar-refractivity contribution in [3.63, 3.8) is 0 Å². The molecule has 0 aliphatic carbocycles. The molecule has 0 radical (unpaired) electrons. The SMILES string of the molecule is COc1cccc(COc2ccccc2C=NNc2nc(N)cs2)c1. The number of nitrogens with zero attached hydrogens (tertiary/aromatic N) is 2. The largest absolute Gasteiger partial charge is 0.497 e. The maximum Gasteiger partial charge on any atom is 0.205 e. The van der Waals surface area contributed by atoms with Gasteiger partial charge in [0.2, 0.25) is 5.13 Å². The van der Waals surface area contributed by atoms with Gasteiger partial charge in [-0.15, -0.1) is 11.3 Å². The van der Waals surface area contributed by atoms with Crippen LogP contribution in [0.25, 0.3) is 0 Å². The molecule has 0 spiro atoms. The third-order valence-electron chi connectivity index (χ3n) is 3.33. The lowest BCUT2D eigenvalue weighted by molar-refractivity contribution is 0.305. The Morgan fingerprint density at radius 2 is 2.12 bits per heavy atom. The third-order valence-corrected chi connectivity index (χ3v) is 4.10. The van der Waals surface area contributed by atoms with Gasteiger partial charge in [-0.1, -0.05) is 24.3 Å². The van der Waals surface area contributed by atoms with Crippen molar-refractivity contribution in [1.29, 1.82) is 0 Å². The number of rotatable bonds is 7. The number of aromatic nitrogens is 1. The van der Waals surface area contributed by atoms with E-state index in [0.29, 0.717) is 17.6 Å². The lowest BCUT2D eigenvalue weighted by atomic mass is 10.2. The molecule has 128 valence electrons. The van der Waals surface area contributed by atoms with Crippen molar-refractivity contribution in [3.05, 3.63) is 65.0 Å². The van der Waals surface area contributed by atoms with E-state index in [9.17, 15) is 0 Å². The molecule has 2 aromatic carbocycles. The Labute approximate surface area is 149 Å². The summed E-state index contributed by atoms with van der Waals surface area (Å²) in [6, 6.07) is 15.5. The molecule has 3 aromatic rings. The molecule has 0 amide bonds. The summed E-state index contributed by atoms with van der Waals surface area (Å²) < 4.78 is 11.2. The van der Waals surface area contributed by atoms with Crippen LogP contribution < -0.4 is 20.6 Å². The molecule has 0 saturated heterocycles. The maximum absolute atomic E-state index is 5.92. The molecule has 25 heavy (non-hydrogen) atoms. The van der Waals surface area contributed by atoms with Crippen LogP contribution in [0.3, 0.4) is 0 Å². The van der Waals surface area contributed by atoms with Crippen LogP contribution in [0, 0.1) is 0 Å². The first-order valence-electron chi connectivity index (χ1n) is 7.59. The van der Waals surface area contributed by atoms with Gasteiger partial charge in [0.1, 0.15) is 23.9 Å². The summed E-state index contributed by atoms with van der Waals surface area (Å²) in [5.74, 6) is 2.03. The average Bonchev–Trinajstić information content (AvgIpc) is 3.06. The lowest BCUT2D eigenvalue weighted by Gasteiger charge is -2.09. The van der Waals surface area contributed by atoms with E-state index in [0.717, 1.165) is 22.6 Å². The number of thiazole rings is 1. The highest BCUT2D eigenvalue weighted by molar-refractivity contribution is 7.14. The van der Waals surface area contributed by atoms with Crippen LogP contribution in [0.4, 0.5) is 10.9 Å². The quantitative estimate of drug-likeness (QED) is 0.499. The predicted octanol–water partition coefficient (Wildman–Crippen LogP) is 3.76. The van der Waals surface area contributed by atoms with Gasteiger partial charge in [0.25, 0.3) is 0 Å². The van der Waals surface area contributed by atoms with Crippen LogP contribution in [0.2, 0.25) is 0 Å². The Balaban J connectivity index is 1.65. The van der Waals surface area contributed by atoms with Crippen LogP contribution >= 0.6 is 11.3 Å². The summed E-state index contributed by atoms with van der Waals surface area (Å²) in [6.07, 6.45) is 1.69. The average molecular weight is 354 g/mol. The summed E-state index contributed by atoms with van der Waals surface area (Å²) >= 11 is 1.40. The number of nitrogens with one attached hydrogen (secondary N) is 1. The van der Waals surface area contributed by atoms with Gasteiger partial charge < -0.3 is 15.2 Å². The van der Waals surface area contributed by atoms with Crippen LogP contribution in [0.5, 0.6) is 11.5 Å². The molecule has 3 N–H and O–H groups in total. The molecule has 1 heterocycles. The predicted molar refractivity (Wildman–Crippen MR) is 102 cm³/mol. The minimum atomic E-state index is 0.443. The Bertz CT molecular complexity index is 864. The second-order valence-electron chi connectivity index (χ2n) is 5.13. The number of methoxy groups -OCH3 is 1. The summed E-state index contributed by atoms with van der Waals surface area (Å²) in [5, 5.41) is 6.58. The fourth-order valence-electron chi connectivity index (χ4n) is 2.14. The number of nitrogens with two attached hydrogens (primary N) is 1. The van der Waals surface area contributed by atoms with Crippen molar-refractivity contribution in [2.45, 2.75) is 6.61 Å². The van der Waals surface area contributed by atoms with Crippen molar-refractivity contribution in [3.8, 4) is 11.5 Å². The molecular weight excluding hydrogens is 336 g/mol. The Morgan fingerprint density at radius 3 is 2.92 bits per heavy atom. The highest BCUT2D eigenvalue weighted by atomic mass is 32.1. The van der Waals surface area contributed by atoms with Gasteiger partial charge in [0.05, 0.1) is 13.3 Å². The number of ether oxygens (including phenoxy) is 2. The van der Waals surface area contributed by atoms with E-state index in [2.05, 4.69) is 15.5 Å². The van der Waals surface area contributed by atoms with Crippen LogP contribution in [0.15, 0.2) is 59.0 Å². The smallest absolute Gasteiger partial charge is 0.205 e. The minimum absolute atomic E-state index is 0.443. The van der Waals surface area contributed by atoms with Gasteiger partial charge >= 0.3 is 0 Å². The number of anilines is 2. The van der Waals surface area contributed by atoms with E-state index in [4.69, 9.17) is 15.2 Å². The second kappa shape index (κ2) is 8.16. The number of hydrogen-bond acceptors (Lipinski definition) is 7. The van der Waals surface area contributed by atoms with Gasteiger partial charge in [-0.25, -0.2) is 4.98 Å². The highest BCUT2D eigenvalue weighted by Gasteiger charge is 2.03. The standard InChI is InChI=1S/C18H18N4O2S/c1-23-15-7-4-5-13(9-15)11-24-16-8-3-2-6-14(16)10-20-22-18-21-17(19)12-25-18/h2-10,12H,11,19H2,1H3,(H,21,22). The van der Waals surface area contributed by atoms with Crippen molar-refractivity contribution in [1.82, 2.24) is 4.98 Å². The van der Waals surface area contributed by atoms with Gasteiger partial charge in [0, 0.05) is 10.9 Å². The number of hydrazone groups is 1. The first-order chi connectivity index (χ1) is 12.2. The van der Waals surface area contributed by atoms with Crippen molar-refractivity contribution < 1.29 is 9.47 Å². The normalized spacial score (nSPS) is 10.8. The van der Waals surface area contributed by atoms with E-state index >= 15 is 0 Å². The number of nitrogen functional groups attached to an aromatic ring is 1. The van der Waals surface area contributed by atoms with E-state index in [1.54, 1.807) is 18.7 Å². The Hall–Kier alpha value is -3.06. The molecule has 0 unspecified atom stereocenters. The topological polar surface area (TPSA) is 81.8 Å². The fraction of sp³-hybridized carbons (Fsp3) is 0.111. The first-order valence-corrected chi connectivity index (χ1v) is 8.47. The third kappa shape index (κ3) is 4.71. The van der Waals surface area contributed by atoms with Crippen molar-refractivity contribution >= 4 is 28.5 Å². The number of hydrogen-bond donors (Lipinski definition) is 2. The van der Waals surface area contributed by atoms with E-state index < -0.39 is 0 Å². The fourth-order valence-corrected chi connectivity index (χ4v) is 2.69.